The lowest BCUT2D eigenvalue weighted by atomic mass is 10.0. The van der Waals surface area contributed by atoms with Crippen LogP contribution in [0.2, 0.25) is 0 Å². The van der Waals surface area contributed by atoms with Crippen molar-refractivity contribution in [1.82, 2.24) is 10.3 Å². The van der Waals surface area contributed by atoms with Crippen molar-refractivity contribution in [3.63, 3.8) is 0 Å². The van der Waals surface area contributed by atoms with E-state index in [1.165, 1.54) is 6.20 Å². The summed E-state index contributed by atoms with van der Waals surface area (Å²) in [4.78, 5) is 16.1. The molecule has 0 saturated carbocycles. The van der Waals surface area contributed by atoms with Crippen LogP contribution in [0.4, 0.5) is 0 Å². The summed E-state index contributed by atoms with van der Waals surface area (Å²) in [6.45, 7) is 5.98. The molecular weight excluding hydrogens is 240 g/mol. The molecule has 102 valence electrons. The highest BCUT2D eigenvalue weighted by Gasteiger charge is 2.13. The Labute approximate surface area is 114 Å². The second-order valence-corrected chi connectivity index (χ2v) is 4.89. The van der Waals surface area contributed by atoms with Gasteiger partial charge in [0.1, 0.15) is 6.61 Å². The molecular formula is C15H20N2O2. The molecule has 1 amide bonds. The second-order valence-electron chi connectivity index (χ2n) is 4.89. The van der Waals surface area contributed by atoms with Gasteiger partial charge in [0.15, 0.2) is 0 Å². The highest BCUT2D eigenvalue weighted by atomic mass is 16.2. The molecule has 0 aliphatic rings. The first kappa shape index (κ1) is 15.2. The van der Waals surface area contributed by atoms with Crippen LogP contribution in [0.15, 0.2) is 18.5 Å². The smallest absolute Gasteiger partial charge is 0.252 e. The Morgan fingerprint density at radius 2 is 2.21 bits per heavy atom. The fourth-order valence-corrected chi connectivity index (χ4v) is 1.89. The average Bonchev–Trinajstić information content (AvgIpc) is 2.35. The summed E-state index contributed by atoms with van der Waals surface area (Å²) < 4.78 is 0. The Morgan fingerprint density at radius 1 is 1.47 bits per heavy atom. The van der Waals surface area contributed by atoms with Crippen LogP contribution >= 0.6 is 0 Å². The predicted molar refractivity (Wildman–Crippen MR) is 74.6 cm³/mol. The molecule has 0 bridgehead atoms. The fourth-order valence-electron chi connectivity index (χ4n) is 1.89. The summed E-state index contributed by atoms with van der Waals surface area (Å²) in [6.07, 6.45) is 4.02. The van der Waals surface area contributed by atoms with Crippen molar-refractivity contribution in [2.75, 3.05) is 6.61 Å². The molecule has 4 nitrogen and oxygen atoms in total. The van der Waals surface area contributed by atoms with Crippen LogP contribution in [0, 0.1) is 17.8 Å². The van der Waals surface area contributed by atoms with Gasteiger partial charge in [-0.2, -0.15) is 0 Å². The molecule has 0 aliphatic carbocycles. The van der Waals surface area contributed by atoms with Gasteiger partial charge in [-0.15, -0.1) is 0 Å². The van der Waals surface area contributed by atoms with Crippen molar-refractivity contribution in [3.05, 3.63) is 29.6 Å². The van der Waals surface area contributed by atoms with Crippen LogP contribution in [-0.2, 0) is 0 Å². The van der Waals surface area contributed by atoms with Gasteiger partial charge in [-0.05, 0) is 25.3 Å². The predicted octanol–water partition coefficient (Wildman–Crippen LogP) is 1.59. The number of amides is 1. The Hall–Kier alpha value is -1.86. The Balaban J connectivity index is 2.82. The standard InChI is InChI=1S/C15H20N2O2/c1-11(2)9-12(3)17-15(19)14-6-7-16-10-13(14)5-4-8-18/h6-7,10-12,18H,8-9H2,1-3H3,(H,17,19). The van der Waals surface area contributed by atoms with Gasteiger partial charge in [-0.1, -0.05) is 25.7 Å². The van der Waals surface area contributed by atoms with Crippen LogP contribution in [0.25, 0.3) is 0 Å². The van der Waals surface area contributed by atoms with E-state index in [0.29, 0.717) is 17.0 Å². The molecule has 1 unspecified atom stereocenters. The van der Waals surface area contributed by atoms with Gasteiger partial charge in [0.05, 0.1) is 11.1 Å². The minimum atomic E-state index is -0.236. The monoisotopic (exact) mass is 260 g/mol. The van der Waals surface area contributed by atoms with Gasteiger partial charge < -0.3 is 10.4 Å². The minimum Gasteiger partial charge on any atom is -0.384 e. The zero-order valence-corrected chi connectivity index (χ0v) is 11.6. The molecule has 1 aromatic heterocycles. The minimum absolute atomic E-state index is 0.110. The van der Waals surface area contributed by atoms with Crippen molar-refractivity contribution in [2.24, 2.45) is 5.92 Å². The molecule has 2 N–H and O–H groups in total. The van der Waals surface area contributed by atoms with Crippen molar-refractivity contribution in [3.8, 4) is 11.8 Å². The number of pyridine rings is 1. The highest BCUT2D eigenvalue weighted by molar-refractivity contribution is 5.96. The lowest BCUT2D eigenvalue weighted by Gasteiger charge is -2.16. The van der Waals surface area contributed by atoms with E-state index in [9.17, 15) is 4.79 Å². The van der Waals surface area contributed by atoms with Gasteiger partial charge >= 0.3 is 0 Å². The van der Waals surface area contributed by atoms with E-state index in [1.54, 1.807) is 12.3 Å². The molecule has 1 rings (SSSR count). The molecule has 19 heavy (non-hydrogen) atoms. The third kappa shape index (κ3) is 5.11. The van der Waals surface area contributed by atoms with E-state index in [2.05, 4.69) is 36.0 Å². The molecule has 1 aromatic rings. The number of carbonyl (C=O) groups is 1. The lowest BCUT2D eigenvalue weighted by Crippen LogP contribution is -2.33. The highest BCUT2D eigenvalue weighted by Crippen LogP contribution is 2.08. The van der Waals surface area contributed by atoms with Gasteiger partial charge in [0, 0.05) is 18.4 Å². The number of aromatic nitrogens is 1. The average molecular weight is 260 g/mol. The molecule has 0 saturated heterocycles. The van der Waals surface area contributed by atoms with Crippen LogP contribution in [0.3, 0.4) is 0 Å². The van der Waals surface area contributed by atoms with Crippen LogP contribution in [0.5, 0.6) is 0 Å². The molecule has 0 fully saturated rings. The topological polar surface area (TPSA) is 62.2 Å². The zero-order valence-electron chi connectivity index (χ0n) is 11.6. The second kappa shape index (κ2) is 7.55. The van der Waals surface area contributed by atoms with E-state index in [1.807, 2.05) is 6.92 Å². The summed E-state index contributed by atoms with van der Waals surface area (Å²) in [6, 6.07) is 1.75. The van der Waals surface area contributed by atoms with Crippen molar-refractivity contribution in [1.29, 1.82) is 0 Å². The fraction of sp³-hybridized carbons (Fsp3) is 0.467. The maximum atomic E-state index is 12.2. The third-order valence-electron chi connectivity index (χ3n) is 2.57. The maximum absolute atomic E-state index is 12.2. The molecule has 1 heterocycles. The van der Waals surface area contributed by atoms with Gasteiger partial charge in [-0.3, -0.25) is 9.78 Å². The van der Waals surface area contributed by atoms with Crippen molar-refractivity contribution < 1.29 is 9.90 Å². The summed E-state index contributed by atoms with van der Waals surface area (Å²) in [7, 11) is 0. The number of carbonyl (C=O) groups excluding carboxylic acids is 1. The van der Waals surface area contributed by atoms with Gasteiger partial charge in [0.25, 0.3) is 5.91 Å². The molecule has 0 aromatic carbocycles. The Morgan fingerprint density at radius 3 is 2.84 bits per heavy atom. The van der Waals surface area contributed by atoms with Crippen LogP contribution in [0.1, 0.15) is 43.1 Å². The number of nitrogens with one attached hydrogen (secondary N) is 1. The first-order valence-electron chi connectivity index (χ1n) is 6.39. The number of hydrogen-bond acceptors (Lipinski definition) is 3. The van der Waals surface area contributed by atoms with Crippen LogP contribution in [-0.4, -0.2) is 28.6 Å². The number of aliphatic hydroxyl groups excluding tert-OH is 1. The Bertz CT molecular complexity index is 486. The number of aliphatic hydroxyl groups is 1. The zero-order chi connectivity index (χ0) is 14.3. The van der Waals surface area contributed by atoms with Crippen molar-refractivity contribution >= 4 is 5.91 Å². The quantitative estimate of drug-likeness (QED) is 0.808. The van der Waals surface area contributed by atoms with Crippen molar-refractivity contribution in [2.45, 2.75) is 33.2 Å². The first-order chi connectivity index (χ1) is 9.04. The largest absolute Gasteiger partial charge is 0.384 e. The lowest BCUT2D eigenvalue weighted by molar-refractivity contribution is 0.0935. The van der Waals surface area contributed by atoms with Gasteiger partial charge in [0.2, 0.25) is 0 Å². The van der Waals surface area contributed by atoms with Gasteiger partial charge in [-0.25, -0.2) is 0 Å². The van der Waals surface area contributed by atoms with E-state index in [0.717, 1.165) is 6.42 Å². The van der Waals surface area contributed by atoms with Crippen LogP contribution < -0.4 is 5.32 Å². The SMILES string of the molecule is CC(C)CC(C)NC(=O)c1ccncc1C#CCO. The molecule has 0 radical (unpaired) electrons. The summed E-state index contributed by atoms with van der Waals surface area (Å²) in [5.74, 6) is 5.64. The summed E-state index contributed by atoms with van der Waals surface area (Å²) in [5, 5.41) is 11.7. The molecule has 1 atom stereocenters. The molecule has 0 aliphatic heterocycles. The Kier molecular flexibility index (Phi) is 6.04. The van der Waals surface area contributed by atoms with E-state index < -0.39 is 0 Å². The molecule has 0 spiro atoms. The third-order valence-corrected chi connectivity index (χ3v) is 2.57. The summed E-state index contributed by atoms with van der Waals surface area (Å²) >= 11 is 0. The normalized spacial score (nSPS) is 11.6. The maximum Gasteiger partial charge on any atom is 0.252 e. The molecule has 4 heteroatoms. The van der Waals surface area contributed by atoms with E-state index >= 15 is 0 Å². The number of rotatable bonds is 4. The summed E-state index contributed by atoms with van der Waals surface area (Å²) in [5.41, 5.74) is 1.03. The van der Waals surface area contributed by atoms with E-state index in [4.69, 9.17) is 5.11 Å². The van der Waals surface area contributed by atoms with E-state index in [-0.39, 0.29) is 18.6 Å². The number of hydrogen-bond donors (Lipinski definition) is 2. The first-order valence-corrected chi connectivity index (χ1v) is 6.39. The number of nitrogens with zero attached hydrogens (tertiary/aromatic N) is 1.